The van der Waals surface area contributed by atoms with Gasteiger partial charge in [-0.25, -0.2) is 14.4 Å². The molecule has 3 saturated heterocycles. The molecule has 1 N–H and O–H groups in total. The second-order valence-electron chi connectivity index (χ2n) is 11.1. The summed E-state index contributed by atoms with van der Waals surface area (Å²) in [6, 6.07) is 8.72. The first kappa shape index (κ1) is 27.2. The van der Waals surface area contributed by atoms with E-state index in [1.54, 1.807) is 0 Å². The topological polar surface area (TPSA) is 76.6 Å². The maximum absolute atomic E-state index is 14.1. The Labute approximate surface area is 225 Å². The van der Waals surface area contributed by atoms with Gasteiger partial charge in [-0.1, -0.05) is 29.8 Å². The van der Waals surface area contributed by atoms with E-state index in [0.717, 1.165) is 56.2 Å². The minimum Gasteiger partial charge on any atom is -0.378 e. The van der Waals surface area contributed by atoms with E-state index < -0.39 is 6.17 Å². The van der Waals surface area contributed by atoms with E-state index in [0.29, 0.717) is 31.8 Å². The van der Waals surface area contributed by atoms with Crippen molar-refractivity contribution >= 4 is 5.91 Å². The summed E-state index contributed by atoms with van der Waals surface area (Å²) >= 11 is 0. The number of carbonyl (C=O) groups excluding carboxylic acids is 1. The highest BCUT2D eigenvalue weighted by molar-refractivity contribution is 5.93. The number of ether oxygens (including phenoxy) is 2. The van der Waals surface area contributed by atoms with E-state index in [-0.39, 0.29) is 36.8 Å². The van der Waals surface area contributed by atoms with Crippen LogP contribution in [0.1, 0.15) is 83.9 Å². The number of alkyl halides is 1. The monoisotopic (exact) mass is 524 g/mol. The van der Waals surface area contributed by atoms with Crippen molar-refractivity contribution in [3.8, 4) is 0 Å². The molecule has 0 aliphatic carbocycles. The highest BCUT2D eigenvalue weighted by atomic mass is 19.1. The number of benzene rings is 1. The van der Waals surface area contributed by atoms with E-state index in [9.17, 15) is 9.18 Å². The molecule has 3 fully saturated rings. The molecule has 1 amide bonds. The molecule has 1 aromatic carbocycles. The minimum atomic E-state index is -0.960. The molecule has 1 aromatic heterocycles. The fourth-order valence-corrected chi connectivity index (χ4v) is 5.98. The predicted octanol–water partition coefficient (Wildman–Crippen LogP) is 4.66. The first-order chi connectivity index (χ1) is 18.5. The maximum Gasteiger partial charge on any atom is 0.272 e. The van der Waals surface area contributed by atoms with Crippen LogP contribution in [0.5, 0.6) is 0 Å². The number of carbonyl (C=O) groups is 1. The molecular weight excluding hydrogens is 483 g/mol. The molecule has 3 aliphatic heterocycles. The summed E-state index contributed by atoms with van der Waals surface area (Å²) in [6.45, 7) is 6.13. The standard InChI is InChI=1S/C30H41FN4O3/c1-20-6-8-22(9-7-20)28-5-3-4-24(38-28)10-11-26-21(2)29(33-19-32-26)30(36)35-15-12-23(13-16-35)34-27-14-17-37-18-25(27)31/h6-9,19,23-25,27-28,34H,3-5,10-18H2,1-2H3/t24-,25?,27?,28+/m1/s1. The predicted molar refractivity (Wildman–Crippen MR) is 144 cm³/mol. The summed E-state index contributed by atoms with van der Waals surface area (Å²) in [5, 5.41) is 3.46. The molecule has 206 valence electrons. The molecule has 0 saturated carbocycles. The Kier molecular flexibility index (Phi) is 9.02. The summed E-state index contributed by atoms with van der Waals surface area (Å²) in [6.07, 6.45) is 8.13. The second kappa shape index (κ2) is 12.6. The molecule has 0 spiro atoms. The van der Waals surface area contributed by atoms with E-state index in [2.05, 4.69) is 46.5 Å². The van der Waals surface area contributed by atoms with Crippen molar-refractivity contribution in [2.75, 3.05) is 26.3 Å². The Hall–Kier alpha value is -2.42. The molecule has 38 heavy (non-hydrogen) atoms. The van der Waals surface area contributed by atoms with Gasteiger partial charge in [0, 0.05) is 43.0 Å². The van der Waals surface area contributed by atoms with Crippen molar-refractivity contribution in [1.29, 1.82) is 0 Å². The fourth-order valence-electron chi connectivity index (χ4n) is 5.98. The van der Waals surface area contributed by atoms with E-state index >= 15 is 0 Å². The zero-order valence-electron chi connectivity index (χ0n) is 22.7. The number of amides is 1. The molecular formula is C30H41FN4O3. The minimum absolute atomic E-state index is 0.0348. The van der Waals surface area contributed by atoms with Crippen molar-refractivity contribution in [3.05, 3.63) is 58.7 Å². The van der Waals surface area contributed by atoms with Gasteiger partial charge in [-0.3, -0.25) is 4.79 Å². The van der Waals surface area contributed by atoms with Crippen molar-refractivity contribution in [1.82, 2.24) is 20.2 Å². The molecule has 0 bridgehead atoms. The van der Waals surface area contributed by atoms with Crippen LogP contribution >= 0.6 is 0 Å². The van der Waals surface area contributed by atoms with Crippen molar-refractivity contribution < 1.29 is 18.7 Å². The normalized spacial score (nSPS) is 26.9. The number of aryl methyl sites for hydroxylation is 2. The zero-order valence-corrected chi connectivity index (χ0v) is 22.7. The zero-order chi connectivity index (χ0) is 26.5. The molecule has 7 nitrogen and oxygen atoms in total. The number of nitrogens with one attached hydrogen (secondary N) is 1. The SMILES string of the molecule is Cc1ccc([C@@H]2CCC[C@H](CCc3ncnc(C(=O)N4CCC(NC5CCOCC5F)CC4)c3C)O2)cc1. The average Bonchev–Trinajstić information content (AvgIpc) is 2.94. The van der Waals surface area contributed by atoms with Crippen LogP contribution in [0.3, 0.4) is 0 Å². The third-order valence-electron chi connectivity index (χ3n) is 8.41. The van der Waals surface area contributed by atoms with Gasteiger partial charge in [0.2, 0.25) is 0 Å². The number of halogens is 1. The smallest absolute Gasteiger partial charge is 0.272 e. The second-order valence-corrected chi connectivity index (χ2v) is 11.1. The van der Waals surface area contributed by atoms with E-state index in [4.69, 9.17) is 9.47 Å². The van der Waals surface area contributed by atoms with Gasteiger partial charge >= 0.3 is 0 Å². The Morgan fingerprint density at radius 2 is 1.87 bits per heavy atom. The third kappa shape index (κ3) is 6.58. The first-order valence-electron chi connectivity index (χ1n) is 14.3. The summed E-state index contributed by atoms with van der Waals surface area (Å²) in [5.74, 6) is -0.0348. The largest absolute Gasteiger partial charge is 0.378 e. The van der Waals surface area contributed by atoms with Gasteiger partial charge < -0.3 is 19.7 Å². The average molecular weight is 525 g/mol. The summed E-state index contributed by atoms with van der Waals surface area (Å²) < 4.78 is 25.8. The van der Waals surface area contributed by atoms with Crippen LogP contribution in [0.4, 0.5) is 4.39 Å². The van der Waals surface area contributed by atoms with Crippen LogP contribution in [-0.2, 0) is 15.9 Å². The van der Waals surface area contributed by atoms with Crippen LogP contribution < -0.4 is 5.32 Å². The molecule has 2 unspecified atom stereocenters. The number of likely N-dealkylation sites (tertiary alicyclic amines) is 1. The first-order valence-corrected chi connectivity index (χ1v) is 14.3. The lowest BCUT2D eigenvalue weighted by Crippen LogP contribution is -2.52. The molecule has 4 atom stereocenters. The molecule has 5 rings (SSSR count). The summed E-state index contributed by atoms with van der Waals surface area (Å²) in [5.41, 5.74) is 4.80. The Morgan fingerprint density at radius 1 is 1.08 bits per heavy atom. The van der Waals surface area contributed by atoms with Crippen molar-refractivity contribution in [2.24, 2.45) is 0 Å². The Bertz CT molecular complexity index is 1070. The van der Waals surface area contributed by atoms with Gasteiger partial charge in [-0.05, 0) is 70.8 Å². The Balaban J connectivity index is 1.13. The van der Waals surface area contributed by atoms with Crippen LogP contribution in [0.2, 0.25) is 0 Å². The summed E-state index contributed by atoms with van der Waals surface area (Å²) in [4.78, 5) is 24.2. The van der Waals surface area contributed by atoms with E-state index in [1.165, 1.54) is 17.5 Å². The Morgan fingerprint density at radius 3 is 2.63 bits per heavy atom. The summed E-state index contributed by atoms with van der Waals surface area (Å²) in [7, 11) is 0. The fraction of sp³-hybridized carbons (Fsp3) is 0.633. The molecule has 8 heteroatoms. The van der Waals surface area contributed by atoms with Gasteiger partial charge in [-0.15, -0.1) is 0 Å². The van der Waals surface area contributed by atoms with Gasteiger partial charge in [0.25, 0.3) is 5.91 Å². The number of hydrogen-bond acceptors (Lipinski definition) is 6. The van der Waals surface area contributed by atoms with Gasteiger partial charge in [0.05, 0.1) is 18.8 Å². The number of nitrogens with zero attached hydrogens (tertiary/aromatic N) is 3. The van der Waals surface area contributed by atoms with Crippen molar-refractivity contribution in [3.63, 3.8) is 0 Å². The van der Waals surface area contributed by atoms with Crippen LogP contribution in [0, 0.1) is 13.8 Å². The molecule has 0 radical (unpaired) electrons. The van der Waals surface area contributed by atoms with Crippen LogP contribution in [0.15, 0.2) is 30.6 Å². The highest BCUT2D eigenvalue weighted by Crippen LogP contribution is 2.33. The highest BCUT2D eigenvalue weighted by Gasteiger charge is 2.31. The molecule has 2 aromatic rings. The molecule has 3 aliphatic rings. The van der Waals surface area contributed by atoms with Gasteiger partial charge in [0.1, 0.15) is 18.2 Å². The maximum atomic E-state index is 14.1. The third-order valence-corrected chi connectivity index (χ3v) is 8.41. The van der Waals surface area contributed by atoms with E-state index in [1.807, 2.05) is 11.8 Å². The van der Waals surface area contributed by atoms with Crippen molar-refractivity contribution in [2.45, 2.75) is 95.7 Å². The lowest BCUT2D eigenvalue weighted by molar-refractivity contribution is -0.0547. The number of rotatable bonds is 7. The molecule has 4 heterocycles. The quantitative estimate of drug-likeness (QED) is 0.568. The van der Waals surface area contributed by atoms with Crippen LogP contribution in [0.25, 0.3) is 0 Å². The number of aromatic nitrogens is 2. The number of piperidine rings is 1. The number of hydrogen-bond donors (Lipinski definition) is 1. The van der Waals surface area contributed by atoms with Gasteiger partial charge in [-0.2, -0.15) is 0 Å². The van der Waals surface area contributed by atoms with Crippen LogP contribution in [-0.4, -0.2) is 71.4 Å². The lowest BCUT2D eigenvalue weighted by atomic mass is 9.95. The lowest BCUT2D eigenvalue weighted by Gasteiger charge is -2.36. The van der Waals surface area contributed by atoms with Gasteiger partial charge in [0.15, 0.2) is 0 Å².